The lowest BCUT2D eigenvalue weighted by Gasteiger charge is -2.11. The molecule has 2 heterocycles. The van der Waals surface area contributed by atoms with Crippen LogP contribution in [0.25, 0.3) is 5.95 Å². The fourth-order valence-corrected chi connectivity index (χ4v) is 1.38. The van der Waals surface area contributed by atoms with Crippen LogP contribution in [-0.4, -0.2) is 56.0 Å². The number of carbonyl (C=O) groups excluding carboxylic acids is 1. The molecule has 0 unspecified atom stereocenters. The third kappa shape index (κ3) is 3.38. The Morgan fingerprint density at radius 1 is 1.42 bits per heavy atom. The summed E-state index contributed by atoms with van der Waals surface area (Å²) in [6, 6.07) is 0. The number of nitrogens with zero attached hydrogens (tertiary/aromatic N) is 6. The second-order valence-electron chi connectivity index (χ2n) is 3.84. The summed E-state index contributed by atoms with van der Waals surface area (Å²) in [6.07, 6.45) is 4.82. The Balaban J connectivity index is 2.16. The van der Waals surface area contributed by atoms with Crippen molar-refractivity contribution in [1.29, 1.82) is 0 Å². The summed E-state index contributed by atoms with van der Waals surface area (Å²) >= 11 is 5.81. The van der Waals surface area contributed by atoms with Gasteiger partial charge in [0.25, 0.3) is 0 Å². The summed E-state index contributed by atoms with van der Waals surface area (Å²) in [6.45, 7) is 0.0801. The Labute approximate surface area is 114 Å². The molecule has 2 aromatic rings. The molecule has 0 fully saturated rings. The molecule has 0 spiro atoms. The molecular formula is C10H12ClN7O. The van der Waals surface area contributed by atoms with Gasteiger partial charge in [-0.15, -0.1) is 0 Å². The van der Waals surface area contributed by atoms with Crippen molar-refractivity contribution in [2.45, 2.75) is 0 Å². The van der Waals surface area contributed by atoms with Crippen molar-refractivity contribution in [2.24, 2.45) is 0 Å². The van der Waals surface area contributed by atoms with Gasteiger partial charge in [0.05, 0.1) is 6.54 Å². The number of hydrogen-bond acceptors (Lipinski definition) is 6. The highest BCUT2D eigenvalue weighted by Gasteiger charge is 2.09. The predicted octanol–water partition coefficient (Wildman–Crippen LogP) is 0.211. The van der Waals surface area contributed by atoms with Gasteiger partial charge in [0.2, 0.25) is 23.1 Å². The minimum Gasteiger partial charge on any atom is -0.347 e. The molecule has 0 aliphatic heterocycles. The Morgan fingerprint density at radius 2 is 2.21 bits per heavy atom. The quantitative estimate of drug-likeness (QED) is 0.862. The summed E-state index contributed by atoms with van der Waals surface area (Å²) < 4.78 is 1.59. The lowest BCUT2D eigenvalue weighted by Crippen LogP contribution is -2.29. The molecule has 19 heavy (non-hydrogen) atoms. The van der Waals surface area contributed by atoms with Crippen LogP contribution in [0.5, 0.6) is 0 Å². The summed E-state index contributed by atoms with van der Waals surface area (Å²) in [5.41, 5.74) is 0. The molecular weight excluding hydrogens is 270 g/mol. The van der Waals surface area contributed by atoms with Gasteiger partial charge in [0.15, 0.2) is 0 Å². The molecule has 0 aromatic carbocycles. The Morgan fingerprint density at radius 3 is 2.84 bits per heavy atom. The number of rotatable bonds is 4. The number of hydrogen-bond donors (Lipinski definition) is 1. The monoisotopic (exact) mass is 281 g/mol. The maximum Gasteiger partial charge on any atom is 0.241 e. The summed E-state index contributed by atoms with van der Waals surface area (Å²) in [4.78, 5) is 28.8. The van der Waals surface area contributed by atoms with Crippen molar-refractivity contribution in [2.75, 3.05) is 26.0 Å². The zero-order valence-corrected chi connectivity index (χ0v) is 11.2. The molecule has 1 amide bonds. The van der Waals surface area contributed by atoms with Crippen LogP contribution in [0, 0.1) is 0 Å². The van der Waals surface area contributed by atoms with Crippen molar-refractivity contribution >= 4 is 23.5 Å². The van der Waals surface area contributed by atoms with E-state index in [2.05, 4.69) is 25.3 Å². The number of likely N-dealkylation sites (N-methyl/N-ethyl adjacent to an activating group) is 1. The van der Waals surface area contributed by atoms with Gasteiger partial charge in [-0.3, -0.25) is 9.36 Å². The van der Waals surface area contributed by atoms with E-state index < -0.39 is 0 Å². The number of halogens is 1. The third-order valence-corrected chi connectivity index (χ3v) is 2.40. The van der Waals surface area contributed by atoms with Gasteiger partial charge in [-0.1, -0.05) is 0 Å². The molecule has 8 nitrogen and oxygen atoms in total. The van der Waals surface area contributed by atoms with Gasteiger partial charge >= 0.3 is 0 Å². The van der Waals surface area contributed by atoms with E-state index in [0.717, 1.165) is 0 Å². The number of imidazole rings is 1. The maximum absolute atomic E-state index is 11.5. The van der Waals surface area contributed by atoms with Crippen LogP contribution in [-0.2, 0) is 4.79 Å². The van der Waals surface area contributed by atoms with Crippen molar-refractivity contribution in [3.8, 4) is 5.95 Å². The van der Waals surface area contributed by atoms with Crippen molar-refractivity contribution < 1.29 is 4.79 Å². The molecule has 0 bridgehead atoms. The van der Waals surface area contributed by atoms with Crippen LogP contribution in [0.1, 0.15) is 0 Å². The van der Waals surface area contributed by atoms with Gasteiger partial charge in [0, 0.05) is 26.5 Å². The zero-order valence-electron chi connectivity index (χ0n) is 10.4. The minimum absolute atomic E-state index is 0.0403. The van der Waals surface area contributed by atoms with E-state index in [9.17, 15) is 4.79 Å². The second kappa shape index (κ2) is 5.61. The topological polar surface area (TPSA) is 88.8 Å². The standard InChI is InChI=1S/C10H12ClN7O/c1-17(2)7(19)5-13-9-14-8(11)15-10(16-9)18-4-3-12-6-18/h3-4,6H,5H2,1-2H3,(H,13,14,15,16). The average molecular weight is 282 g/mol. The second-order valence-corrected chi connectivity index (χ2v) is 4.18. The maximum atomic E-state index is 11.5. The molecule has 9 heteroatoms. The van der Waals surface area contributed by atoms with E-state index in [1.54, 1.807) is 37.4 Å². The van der Waals surface area contributed by atoms with Crippen LogP contribution < -0.4 is 5.32 Å². The van der Waals surface area contributed by atoms with Crippen LogP contribution >= 0.6 is 11.6 Å². The summed E-state index contributed by atoms with van der Waals surface area (Å²) in [5.74, 6) is 0.469. The van der Waals surface area contributed by atoms with Crippen molar-refractivity contribution in [3.05, 3.63) is 24.0 Å². The van der Waals surface area contributed by atoms with Crippen LogP contribution in [0.4, 0.5) is 5.95 Å². The zero-order chi connectivity index (χ0) is 13.8. The van der Waals surface area contributed by atoms with Crippen molar-refractivity contribution in [1.82, 2.24) is 29.4 Å². The molecule has 2 rings (SSSR count). The summed E-state index contributed by atoms with van der Waals surface area (Å²) in [7, 11) is 3.34. The van der Waals surface area contributed by atoms with Crippen LogP contribution in [0.15, 0.2) is 18.7 Å². The van der Waals surface area contributed by atoms with Gasteiger partial charge < -0.3 is 10.2 Å². The van der Waals surface area contributed by atoms with Crippen LogP contribution in [0.2, 0.25) is 5.28 Å². The number of aromatic nitrogens is 5. The highest BCUT2D eigenvalue weighted by atomic mass is 35.5. The minimum atomic E-state index is -0.0966. The van der Waals surface area contributed by atoms with E-state index in [1.165, 1.54) is 4.90 Å². The number of nitrogens with one attached hydrogen (secondary N) is 1. The Bertz CT molecular complexity index is 569. The van der Waals surface area contributed by atoms with E-state index in [0.29, 0.717) is 5.95 Å². The number of carbonyl (C=O) groups is 1. The molecule has 2 aromatic heterocycles. The molecule has 100 valence electrons. The molecule has 0 aliphatic rings. The lowest BCUT2D eigenvalue weighted by molar-refractivity contribution is -0.126. The van der Waals surface area contributed by atoms with Crippen molar-refractivity contribution in [3.63, 3.8) is 0 Å². The SMILES string of the molecule is CN(C)C(=O)CNc1nc(Cl)nc(-n2ccnc2)n1. The van der Waals surface area contributed by atoms with Gasteiger partial charge in [0.1, 0.15) is 6.33 Å². The van der Waals surface area contributed by atoms with E-state index in [1.807, 2.05) is 0 Å². The molecule has 0 atom stereocenters. The first-order valence-electron chi connectivity index (χ1n) is 5.40. The van der Waals surface area contributed by atoms with E-state index >= 15 is 0 Å². The van der Waals surface area contributed by atoms with Gasteiger partial charge in [-0.05, 0) is 11.6 Å². The summed E-state index contributed by atoms with van der Waals surface area (Å²) in [5, 5.41) is 2.84. The molecule has 0 aliphatic carbocycles. The first-order chi connectivity index (χ1) is 9.06. The Kier molecular flexibility index (Phi) is 3.91. The lowest BCUT2D eigenvalue weighted by atomic mass is 10.5. The average Bonchev–Trinajstić information content (AvgIpc) is 2.89. The molecule has 0 saturated heterocycles. The normalized spacial score (nSPS) is 10.3. The highest BCUT2D eigenvalue weighted by molar-refractivity contribution is 6.28. The van der Waals surface area contributed by atoms with Gasteiger partial charge in [-0.2, -0.15) is 15.0 Å². The highest BCUT2D eigenvalue weighted by Crippen LogP contribution is 2.09. The first kappa shape index (κ1) is 13.2. The Hall–Kier alpha value is -2.22. The fourth-order valence-electron chi connectivity index (χ4n) is 1.22. The predicted molar refractivity (Wildman–Crippen MR) is 69.1 cm³/mol. The smallest absolute Gasteiger partial charge is 0.241 e. The fraction of sp³-hybridized carbons (Fsp3) is 0.300. The molecule has 0 saturated carbocycles. The third-order valence-electron chi connectivity index (χ3n) is 2.23. The largest absolute Gasteiger partial charge is 0.347 e. The molecule has 1 N–H and O–H groups in total. The van der Waals surface area contributed by atoms with E-state index in [4.69, 9.17) is 11.6 Å². The molecule has 0 radical (unpaired) electrons. The van der Waals surface area contributed by atoms with Gasteiger partial charge in [-0.25, -0.2) is 4.98 Å². The first-order valence-corrected chi connectivity index (χ1v) is 5.78. The van der Waals surface area contributed by atoms with Crippen LogP contribution in [0.3, 0.4) is 0 Å². The number of amides is 1. The van der Waals surface area contributed by atoms with E-state index in [-0.39, 0.29) is 23.7 Å². The number of anilines is 1.